The van der Waals surface area contributed by atoms with Crippen LogP contribution in [-0.2, 0) is 13.1 Å². The quantitative estimate of drug-likeness (QED) is 0.877. The van der Waals surface area contributed by atoms with Gasteiger partial charge in [0.25, 0.3) is 5.91 Å². The number of carbonyl (C=O) groups is 1. The molecule has 0 aliphatic rings. The Labute approximate surface area is 128 Å². The van der Waals surface area contributed by atoms with Gasteiger partial charge in [0.15, 0.2) is 5.82 Å². The molecule has 2 aromatic rings. The van der Waals surface area contributed by atoms with E-state index in [1.165, 1.54) is 6.20 Å². The number of pyridine rings is 1. The number of nitrogens with two attached hydrogens (primary N) is 1. The highest BCUT2D eigenvalue weighted by Crippen LogP contribution is 2.08. The van der Waals surface area contributed by atoms with Gasteiger partial charge in [-0.3, -0.25) is 9.78 Å². The molecule has 0 aromatic carbocycles. The van der Waals surface area contributed by atoms with Crippen LogP contribution in [0.15, 0.2) is 24.8 Å². The first-order valence-electron chi connectivity index (χ1n) is 5.56. The Hall–Kier alpha value is -1.86. The number of aryl methyl sites for hydroxylation is 1. The highest BCUT2D eigenvalue weighted by Gasteiger charge is 2.10. The van der Waals surface area contributed by atoms with Crippen LogP contribution in [0.1, 0.15) is 23.1 Å². The molecule has 0 saturated heterocycles. The molecule has 2 heterocycles. The van der Waals surface area contributed by atoms with Crippen molar-refractivity contribution in [2.45, 2.75) is 20.0 Å². The smallest absolute Gasteiger partial charge is 0.255 e. The second kappa shape index (κ2) is 8.34. The molecule has 0 saturated carbocycles. The molecule has 0 atom stereocenters. The zero-order valence-electron chi connectivity index (χ0n) is 10.8. The SMILES string of the molecule is CCn1cnnc1CNC(=O)c1cnccc1N.Cl.Cl. The summed E-state index contributed by atoms with van der Waals surface area (Å²) in [6.45, 7) is 3.04. The summed E-state index contributed by atoms with van der Waals surface area (Å²) in [4.78, 5) is 15.7. The first kappa shape index (κ1) is 18.1. The number of aromatic nitrogens is 4. The summed E-state index contributed by atoms with van der Waals surface area (Å²) < 4.78 is 1.85. The molecule has 2 rings (SSSR count). The number of nitrogens with one attached hydrogen (secondary N) is 1. The minimum absolute atomic E-state index is 0. The van der Waals surface area contributed by atoms with Gasteiger partial charge < -0.3 is 15.6 Å². The van der Waals surface area contributed by atoms with Gasteiger partial charge in [-0.05, 0) is 13.0 Å². The molecule has 2 aromatic heterocycles. The monoisotopic (exact) mass is 318 g/mol. The van der Waals surface area contributed by atoms with Gasteiger partial charge in [-0.2, -0.15) is 0 Å². The highest BCUT2D eigenvalue weighted by molar-refractivity contribution is 5.98. The number of hydrogen-bond donors (Lipinski definition) is 2. The van der Waals surface area contributed by atoms with Crippen molar-refractivity contribution in [1.82, 2.24) is 25.1 Å². The maximum atomic E-state index is 11.9. The van der Waals surface area contributed by atoms with Crippen LogP contribution in [-0.4, -0.2) is 25.7 Å². The second-order valence-corrected chi connectivity index (χ2v) is 3.68. The molecule has 7 nitrogen and oxygen atoms in total. The summed E-state index contributed by atoms with van der Waals surface area (Å²) in [6, 6.07) is 1.59. The molecule has 0 radical (unpaired) electrons. The topological polar surface area (TPSA) is 98.7 Å². The van der Waals surface area contributed by atoms with Crippen molar-refractivity contribution < 1.29 is 4.79 Å². The zero-order valence-corrected chi connectivity index (χ0v) is 12.4. The van der Waals surface area contributed by atoms with Crippen LogP contribution in [0.5, 0.6) is 0 Å². The van der Waals surface area contributed by atoms with E-state index in [-0.39, 0.29) is 30.7 Å². The van der Waals surface area contributed by atoms with E-state index in [0.717, 1.165) is 6.54 Å². The fourth-order valence-corrected chi connectivity index (χ4v) is 1.53. The minimum atomic E-state index is -0.272. The van der Waals surface area contributed by atoms with E-state index in [1.54, 1.807) is 18.6 Å². The van der Waals surface area contributed by atoms with Crippen molar-refractivity contribution in [2.75, 3.05) is 5.73 Å². The number of anilines is 1. The maximum absolute atomic E-state index is 11.9. The molecule has 110 valence electrons. The lowest BCUT2D eigenvalue weighted by Crippen LogP contribution is -2.25. The Bertz CT molecular complexity index is 559. The Balaban J connectivity index is 0.00000180. The largest absolute Gasteiger partial charge is 0.398 e. The minimum Gasteiger partial charge on any atom is -0.398 e. The average molecular weight is 319 g/mol. The van der Waals surface area contributed by atoms with E-state index >= 15 is 0 Å². The van der Waals surface area contributed by atoms with Crippen molar-refractivity contribution in [1.29, 1.82) is 0 Å². The van der Waals surface area contributed by atoms with Gasteiger partial charge in [0.2, 0.25) is 0 Å². The van der Waals surface area contributed by atoms with Crippen LogP contribution in [0.2, 0.25) is 0 Å². The Morgan fingerprint density at radius 1 is 1.45 bits per heavy atom. The van der Waals surface area contributed by atoms with Gasteiger partial charge >= 0.3 is 0 Å². The van der Waals surface area contributed by atoms with Crippen LogP contribution >= 0.6 is 24.8 Å². The summed E-state index contributed by atoms with van der Waals surface area (Å²) in [5.74, 6) is 0.430. The van der Waals surface area contributed by atoms with Crippen molar-refractivity contribution in [3.63, 3.8) is 0 Å². The third-order valence-electron chi connectivity index (χ3n) is 2.54. The summed E-state index contributed by atoms with van der Waals surface area (Å²) in [6.07, 6.45) is 4.61. The number of amides is 1. The average Bonchev–Trinajstić information content (AvgIpc) is 2.84. The molecule has 0 aliphatic heterocycles. The number of halogens is 2. The number of carbonyl (C=O) groups excluding carboxylic acids is 1. The van der Waals surface area contributed by atoms with Crippen molar-refractivity contribution >= 4 is 36.4 Å². The zero-order chi connectivity index (χ0) is 13.0. The van der Waals surface area contributed by atoms with E-state index in [0.29, 0.717) is 23.6 Å². The van der Waals surface area contributed by atoms with Gasteiger partial charge in [-0.1, -0.05) is 0 Å². The number of rotatable bonds is 4. The molecular weight excluding hydrogens is 303 g/mol. The van der Waals surface area contributed by atoms with Crippen molar-refractivity contribution in [2.24, 2.45) is 0 Å². The molecule has 0 fully saturated rings. The summed E-state index contributed by atoms with van der Waals surface area (Å²) >= 11 is 0. The highest BCUT2D eigenvalue weighted by atomic mass is 35.5. The second-order valence-electron chi connectivity index (χ2n) is 3.68. The fourth-order valence-electron chi connectivity index (χ4n) is 1.53. The van der Waals surface area contributed by atoms with E-state index in [9.17, 15) is 4.79 Å². The molecule has 20 heavy (non-hydrogen) atoms. The van der Waals surface area contributed by atoms with E-state index in [4.69, 9.17) is 5.73 Å². The van der Waals surface area contributed by atoms with Gasteiger partial charge in [0.05, 0.1) is 12.1 Å². The van der Waals surface area contributed by atoms with E-state index < -0.39 is 0 Å². The predicted molar refractivity (Wildman–Crippen MR) is 80.0 cm³/mol. The molecule has 1 amide bonds. The molecule has 0 aliphatic carbocycles. The third kappa shape index (κ3) is 4.07. The first-order valence-corrected chi connectivity index (χ1v) is 5.56. The standard InChI is InChI=1S/C11H14N6O.2ClH/c1-2-17-7-15-16-10(17)6-14-11(18)8-5-13-4-3-9(8)12;;/h3-5,7H,2,6H2,1H3,(H2,12,13)(H,14,18);2*1H. The third-order valence-corrected chi connectivity index (χ3v) is 2.54. The Morgan fingerprint density at radius 3 is 2.85 bits per heavy atom. The lowest BCUT2D eigenvalue weighted by atomic mass is 10.2. The molecule has 0 bridgehead atoms. The van der Waals surface area contributed by atoms with Gasteiger partial charge in [0.1, 0.15) is 6.33 Å². The maximum Gasteiger partial charge on any atom is 0.255 e. The summed E-state index contributed by atoms with van der Waals surface area (Å²) in [7, 11) is 0. The number of hydrogen-bond acceptors (Lipinski definition) is 5. The normalized spacial score (nSPS) is 9.25. The van der Waals surface area contributed by atoms with E-state index in [1.807, 2.05) is 11.5 Å². The molecule has 9 heteroatoms. The van der Waals surface area contributed by atoms with Gasteiger partial charge in [-0.15, -0.1) is 35.0 Å². The van der Waals surface area contributed by atoms with Crippen LogP contribution < -0.4 is 11.1 Å². The lowest BCUT2D eigenvalue weighted by molar-refractivity contribution is 0.0950. The Kier molecular flexibility index (Phi) is 7.56. The molecular formula is C11H16Cl2N6O. The van der Waals surface area contributed by atoms with Crippen LogP contribution in [0.25, 0.3) is 0 Å². The fraction of sp³-hybridized carbons (Fsp3) is 0.273. The molecule has 0 unspecified atom stereocenters. The lowest BCUT2D eigenvalue weighted by Gasteiger charge is -2.07. The molecule has 3 N–H and O–H groups in total. The number of nitrogen functional groups attached to an aromatic ring is 1. The van der Waals surface area contributed by atoms with Crippen LogP contribution in [0, 0.1) is 0 Å². The summed E-state index contributed by atoms with van der Waals surface area (Å²) in [5.41, 5.74) is 6.46. The van der Waals surface area contributed by atoms with E-state index in [2.05, 4.69) is 20.5 Å². The predicted octanol–water partition coefficient (Wildman–Crippen LogP) is 1.05. The van der Waals surface area contributed by atoms with Gasteiger partial charge in [-0.25, -0.2) is 0 Å². The first-order chi connectivity index (χ1) is 8.72. The van der Waals surface area contributed by atoms with Crippen LogP contribution in [0.3, 0.4) is 0 Å². The van der Waals surface area contributed by atoms with Crippen LogP contribution in [0.4, 0.5) is 5.69 Å². The molecule has 0 spiro atoms. The van der Waals surface area contributed by atoms with Crippen molar-refractivity contribution in [3.8, 4) is 0 Å². The summed E-state index contributed by atoms with van der Waals surface area (Å²) in [5, 5.41) is 10.4. The van der Waals surface area contributed by atoms with Crippen molar-refractivity contribution in [3.05, 3.63) is 36.2 Å². The van der Waals surface area contributed by atoms with Gasteiger partial charge in [0, 0.05) is 24.6 Å². The Morgan fingerprint density at radius 2 is 2.20 bits per heavy atom. The number of nitrogens with zero attached hydrogens (tertiary/aromatic N) is 4.